The highest BCUT2D eigenvalue weighted by Crippen LogP contribution is 2.37. The zero-order chi connectivity index (χ0) is 20.5. The zero-order valence-corrected chi connectivity index (χ0v) is 18.8. The summed E-state index contributed by atoms with van der Waals surface area (Å²) in [5.74, 6) is 0.517. The molecule has 6 heteroatoms. The SMILES string of the molecule is CN(CCCCI)c1c(NC(=O)c2ccccccccc2)cnc2c1CCO2. The molecule has 1 N–H and O–H groups in total. The number of rotatable bonds is 7. The molecule has 0 unspecified atom stereocenters. The first-order valence-electron chi connectivity index (χ1n) is 9.82. The fourth-order valence-corrected chi connectivity index (χ4v) is 3.79. The first-order chi connectivity index (χ1) is 14.2. The van der Waals surface area contributed by atoms with Crippen LogP contribution < -0.4 is 15.0 Å². The Morgan fingerprint density at radius 3 is 2.52 bits per heavy atom. The van der Waals surface area contributed by atoms with E-state index in [-0.39, 0.29) is 5.91 Å². The normalized spacial score (nSPS) is 11.8. The molecule has 0 aliphatic carbocycles. The summed E-state index contributed by atoms with van der Waals surface area (Å²) in [5.41, 5.74) is 3.39. The number of halogens is 1. The highest BCUT2D eigenvalue weighted by Gasteiger charge is 2.24. The van der Waals surface area contributed by atoms with Gasteiger partial charge >= 0.3 is 0 Å². The topological polar surface area (TPSA) is 54.5 Å². The van der Waals surface area contributed by atoms with E-state index in [0.717, 1.165) is 40.8 Å². The van der Waals surface area contributed by atoms with Crippen molar-refractivity contribution in [1.29, 1.82) is 0 Å². The van der Waals surface area contributed by atoms with Crippen LogP contribution in [0.1, 0.15) is 28.8 Å². The van der Waals surface area contributed by atoms with Gasteiger partial charge in [0.2, 0.25) is 5.88 Å². The number of carbonyl (C=O) groups is 1. The molecular formula is C23H26IN3O2. The Bertz CT molecular complexity index is 878. The standard InChI is InChI=1S/C23H26IN3O2/c1-27(15-10-9-14-24)21-19-13-16-29-23(19)25-17-20(21)26-22(28)18-11-7-5-3-2-4-6-8-12-18/h2-8,11-12,17H,9-10,13-16H2,1H3,(H,26,28). The first-order valence-corrected chi connectivity index (χ1v) is 11.3. The molecule has 1 aromatic heterocycles. The van der Waals surface area contributed by atoms with Crippen molar-refractivity contribution >= 4 is 39.9 Å². The molecule has 29 heavy (non-hydrogen) atoms. The molecule has 1 aliphatic heterocycles. The van der Waals surface area contributed by atoms with Crippen LogP contribution in [0.2, 0.25) is 0 Å². The van der Waals surface area contributed by atoms with Gasteiger partial charge in [0.25, 0.3) is 5.91 Å². The second kappa shape index (κ2) is 11.0. The minimum absolute atomic E-state index is 0.161. The van der Waals surface area contributed by atoms with Gasteiger partial charge in [-0.25, -0.2) is 4.98 Å². The molecule has 0 radical (unpaired) electrons. The van der Waals surface area contributed by atoms with E-state index in [4.69, 9.17) is 4.74 Å². The third-order valence-electron chi connectivity index (χ3n) is 4.69. The summed E-state index contributed by atoms with van der Waals surface area (Å²) in [6.45, 7) is 1.55. The van der Waals surface area contributed by atoms with Crippen LogP contribution in [0.15, 0.2) is 60.8 Å². The van der Waals surface area contributed by atoms with Gasteiger partial charge in [-0.2, -0.15) is 0 Å². The average Bonchev–Trinajstić information content (AvgIpc) is 3.20. The fraction of sp³-hybridized carbons (Fsp3) is 0.304. The number of pyridine rings is 1. The molecule has 5 nitrogen and oxygen atoms in total. The van der Waals surface area contributed by atoms with Crippen LogP contribution in [0.3, 0.4) is 0 Å². The lowest BCUT2D eigenvalue weighted by atomic mass is 10.1. The summed E-state index contributed by atoms with van der Waals surface area (Å²) < 4.78 is 6.79. The molecule has 1 aromatic carbocycles. The van der Waals surface area contributed by atoms with Crippen molar-refractivity contribution in [3.63, 3.8) is 0 Å². The predicted octanol–water partition coefficient (Wildman–Crippen LogP) is 5.04. The molecule has 0 spiro atoms. The quantitative estimate of drug-likeness (QED) is 0.327. The number of hydrogen-bond donors (Lipinski definition) is 1. The second-order valence-corrected chi connectivity index (χ2v) is 7.89. The van der Waals surface area contributed by atoms with Gasteiger partial charge in [0.05, 0.1) is 24.2 Å². The minimum Gasteiger partial charge on any atom is -0.477 e. The largest absolute Gasteiger partial charge is 0.477 e. The number of carbonyl (C=O) groups excluding carboxylic acids is 1. The lowest BCUT2D eigenvalue weighted by molar-refractivity contribution is 0.102. The molecule has 152 valence electrons. The molecule has 0 atom stereocenters. The number of unbranched alkanes of at least 4 members (excludes halogenated alkanes) is 1. The molecule has 1 aliphatic rings. The third-order valence-corrected chi connectivity index (χ3v) is 5.45. The summed E-state index contributed by atoms with van der Waals surface area (Å²) in [5, 5.41) is 3.07. The highest BCUT2D eigenvalue weighted by molar-refractivity contribution is 14.1. The van der Waals surface area contributed by atoms with Crippen LogP contribution >= 0.6 is 22.6 Å². The Labute approximate surface area is 186 Å². The number of aromatic nitrogens is 1. The Morgan fingerprint density at radius 1 is 1.14 bits per heavy atom. The van der Waals surface area contributed by atoms with Crippen LogP contribution in [0.25, 0.3) is 0 Å². The highest BCUT2D eigenvalue weighted by atomic mass is 127. The Balaban J connectivity index is 1.90. The van der Waals surface area contributed by atoms with Gasteiger partial charge in [-0.3, -0.25) is 4.79 Å². The monoisotopic (exact) mass is 503 g/mol. The zero-order valence-electron chi connectivity index (χ0n) is 16.6. The molecule has 0 saturated heterocycles. The van der Waals surface area contributed by atoms with Gasteiger partial charge in [0.1, 0.15) is 0 Å². The average molecular weight is 503 g/mol. The van der Waals surface area contributed by atoms with Crippen molar-refractivity contribution in [2.45, 2.75) is 19.3 Å². The van der Waals surface area contributed by atoms with E-state index in [1.54, 1.807) is 6.20 Å². The van der Waals surface area contributed by atoms with Gasteiger partial charge in [-0.1, -0.05) is 65.1 Å². The van der Waals surface area contributed by atoms with Crippen LogP contribution in [-0.4, -0.2) is 35.5 Å². The maximum atomic E-state index is 13.0. The Hall–Kier alpha value is -2.35. The molecular weight excluding hydrogens is 477 g/mol. The summed E-state index contributed by atoms with van der Waals surface area (Å²) in [6.07, 6.45) is 4.78. The fourth-order valence-electron chi connectivity index (χ4n) is 3.25. The van der Waals surface area contributed by atoms with Gasteiger partial charge < -0.3 is 15.0 Å². The molecule has 0 fully saturated rings. The Kier molecular flexibility index (Phi) is 8.10. The van der Waals surface area contributed by atoms with Crippen molar-refractivity contribution < 1.29 is 9.53 Å². The number of anilines is 2. The van der Waals surface area contributed by atoms with Crippen molar-refractivity contribution in [2.24, 2.45) is 0 Å². The van der Waals surface area contributed by atoms with Gasteiger partial charge in [-0.15, -0.1) is 0 Å². The number of ether oxygens (including phenoxy) is 1. The van der Waals surface area contributed by atoms with Crippen molar-refractivity contribution in [1.82, 2.24) is 4.98 Å². The van der Waals surface area contributed by atoms with E-state index in [1.165, 1.54) is 6.42 Å². The summed E-state index contributed by atoms with van der Waals surface area (Å²) in [4.78, 5) is 19.6. The van der Waals surface area contributed by atoms with Crippen LogP contribution in [-0.2, 0) is 6.42 Å². The van der Waals surface area contributed by atoms with Crippen molar-refractivity contribution in [2.75, 3.05) is 34.8 Å². The summed E-state index contributed by atoms with van der Waals surface area (Å²) in [7, 11) is 2.07. The summed E-state index contributed by atoms with van der Waals surface area (Å²) >= 11 is 2.40. The Morgan fingerprint density at radius 2 is 1.83 bits per heavy atom. The van der Waals surface area contributed by atoms with Crippen LogP contribution in [0, 0.1) is 0 Å². The molecule has 3 rings (SSSR count). The number of nitrogens with zero attached hydrogens (tertiary/aromatic N) is 2. The van der Waals surface area contributed by atoms with Crippen molar-refractivity contribution in [3.05, 3.63) is 71.9 Å². The second-order valence-electron chi connectivity index (χ2n) is 6.81. The van der Waals surface area contributed by atoms with E-state index in [1.807, 2.05) is 54.6 Å². The molecule has 0 saturated carbocycles. The summed E-state index contributed by atoms with van der Waals surface area (Å²) in [6, 6.07) is 16.9. The van der Waals surface area contributed by atoms with Gasteiger partial charge in [-0.05, 0) is 29.4 Å². The minimum atomic E-state index is -0.161. The number of amides is 1. The molecule has 2 aromatic rings. The number of hydrogen-bond acceptors (Lipinski definition) is 4. The molecule has 0 bridgehead atoms. The molecule has 1 amide bonds. The van der Waals surface area contributed by atoms with Crippen LogP contribution in [0.5, 0.6) is 5.88 Å². The van der Waals surface area contributed by atoms with E-state index >= 15 is 0 Å². The molecule has 2 heterocycles. The van der Waals surface area contributed by atoms with E-state index < -0.39 is 0 Å². The number of fused-ring (bicyclic) bond motifs is 1. The lowest BCUT2D eigenvalue weighted by Gasteiger charge is -2.24. The lowest BCUT2D eigenvalue weighted by Crippen LogP contribution is -2.23. The number of alkyl halides is 1. The third kappa shape index (κ3) is 5.82. The smallest absolute Gasteiger partial charge is 0.255 e. The van der Waals surface area contributed by atoms with Crippen LogP contribution in [0.4, 0.5) is 11.4 Å². The van der Waals surface area contributed by atoms with Gasteiger partial charge in [0.15, 0.2) is 0 Å². The maximum absolute atomic E-state index is 13.0. The maximum Gasteiger partial charge on any atom is 0.255 e. The van der Waals surface area contributed by atoms with E-state index in [2.05, 4.69) is 44.8 Å². The first kappa shape index (κ1) is 21.4. The van der Waals surface area contributed by atoms with Crippen molar-refractivity contribution in [3.8, 4) is 5.88 Å². The van der Waals surface area contributed by atoms with Gasteiger partial charge in [0, 0.05) is 31.1 Å². The predicted molar refractivity (Wildman–Crippen MR) is 127 cm³/mol. The van der Waals surface area contributed by atoms with E-state index in [9.17, 15) is 4.79 Å². The van der Waals surface area contributed by atoms with E-state index in [0.29, 0.717) is 18.1 Å². The number of nitrogens with one attached hydrogen (secondary N) is 1.